The van der Waals surface area contributed by atoms with Crippen molar-refractivity contribution in [3.05, 3.63) is 44.6 Å². The van der Waals surface area contributed by atoms with E-state index in [4.69, 9.17) is 4.74 Å². The summed E-state index contributed by atoms with van der Waals surface area (Å²) >= 11 is 4.59. The Morgan fingerprint density at radius 2 is 2.38 bits per heavy atom. The summed E-state index contributed by atoms with van der Waals surface area (Å²) in [6.07, 6.45) is 1.48. The summed E-state index contributed by atoms with van der Waals surface area (Å²) in [5.41, 5.74) is 3.13. The van der Waals surface area contributed by atoms with Gasteiger partial charge in [0.2, 0.25) is 0 Å². The summed E-state index contributed by atoms with van der Waals surface area (Å²) in [7, 11) is 0. The van der Waals surface area contributed by atoms with Crippen LogP contribution in [0.5, 0.6) is 11.5 Å². The third-order valence-corrected chi connectivity index (χ3v) is 3.95. The number of ether oxygens (including phenoxy) is 1. The molecule has 1 aromatic heterocycles. The van der Waals surface area contributed by atoms with Crippen LogP contribution in [0.1, 0.15) is 22.2 Å². The van der Waals surface area contributed by atoms with Crippen molar-refractivity contribution in [3.63, 3.8) is 0 Å². The Kier molecular flexibility index (Phi) is 5.35. The molecule has 110 valence electrons. The Morgan fingerprint density at radius 1 is 1.57 bits per heavy atom. The van der Waals surface area contributed by atoms with Crippen molar-refractivity contribution < 1.29 is 14.6 Å². The molecule has 0 aliphatic rings. The molecule has 7 heteroatoms. The van der Waals surface area contributed by atoms with Crippen molar-refractivity contribution in [1.82, 2.24) is 5.43 Å². The summed E-state index contributed by atoms with van der Waals surface area (Å²) in [6, 6.07) is 6.84. The number of phenolic OH excluding ortho intramolecular Hbond substituents is 1. The Balaban J connectivity index is 2.08. The van der Waals surface area contributed by atoms with Crippen LogP contribution in [0.4, 0.5) is 0 Å². The molecule has 1 aromatic carbocycles. The minimum atomic E-state index is -0.260. The third kappa shape index (κ3) is 4.05. The number of carbonyl (C=O) groups is 1. The van der Waals surface area contributed by atoms with Gasteiger partial charge in [-0.05, 0) is 52.0 Å². The number of aromatic hydroxyl groups is 1. The largest absolute Gasteiger partial charge is 0.503 e. The van der Waals surface area contributed by atoms with E-state index in [1.54, 1.807) is 24.3 Å². The van der Waals surface area contributed by atoms with Crippen LogP contribution >= 0.6 is 27.3 Å². The summed E-state index contributed by atoms with van der Waals surface area (Å²) < 4.78 is 5.82. The Morgan fingerprint density at radius 3 is 3.05 bits per heavy atom. The second kappa shape index (κ2) is 7.24. The summed E-state index contributed by atoms with van der Waals surface area (Å²) in [4.78, 5) is 12.3. The van der Waals surface area contributed by atoms with Crippen LogP contribution in [0.3, 0.4) is 0 Å². The fraction of sp³-hybridized carbons (Fsp3) is 0.143. The zero-order chi connectivity index (χ0) is 15.2. The number of hydrazone groups is 1. The SMILES string of the molecule is CCOc1cc(/C=N\NC(=O)c2cccs2)cc(Br)c1O. The normalized spacial score (nSPS) is 10.8. The molecule has 1 heterocycles. The Bertz CT molecular complexity index is 656. The van der Waals surface area contributed by atoms with Gasteiger partial charge in [-0.25, -0.2) is 5.43 Å². The first-order chi connectivity index (χ1) is 10.1. The predicted octanol–water partition coefficient (Wildman–Crippen LogP) is 3.38. The molecule has 0 spiro atoms. The van der Waals surface area contributed by atoms with Gasteiger partial charge < -0.3 is 9.84 Å². The first kappa shape index (κ1) is 15.5. The van der Waals surface area contributed by atoms with Gasteiger partial charge in [0, 0.05) is 0 Å². The number of carbonyl (C=O) groups excluding carboxylic acids is 1. The lowest BCUT2D eigenvalue weighted by molar-refractivity contribution is 0.0959. The average Bonchev–Trinajstić information content (AvgIpc) is 2.98. The number of rotatable bonds is 5. The van der Waals surface area contributed by atoms with E-state index in [1.807, 2.05) is 12.3 Å². The summed E-state index contributed by atoms with van der Waals surface area (Å²) in [6.45, 7) is 2.27. The Hall–Kier alpha value is -1.86. The first-order valence-corrected chi connectivity index (χ1v) is 7.81. The van der Waals surface area contributed by atoms with Crippen molar-refractivity contribution in [2.24, 2.45) is 5.10 Å². The lowest BCUT2D eigenvalue weighted by atomic mass is 10.2. The predicted molar refractivity (Wildman–Crippen MR) is 86.4 cm³/mol. The van der Waals surface area contributed by atoms with E-state index in [2.05, 4.69) is 26.5 Å². The zero-order valence-corrected chi connectivity index (χ0v) is 13.6. The number of amides is 1. The lowest BCUT2D eigenvalue weighted by Crippen LogP contribution is -2.16. The standard InChI is InChI=1S/C14H13BrN2O3S/c1-2-20-11-7-9(6-10(15)13(11)18)8-16-17-14(19)12-4-3-5-21-12/h3-8,18H,2H2,1H3,(H,17,19)/b16-8-. The number of hydrogen-bond donors (Lipinski definition) is 2. The van der Waals surface area contributed by atoms with Crippen molar-refractivity contribution >= 4 is 39.4 Å². The number of nitrogens with one attached hydrogen (secondary N) is 1. The molecule has 2 aromatic rings. The van der Waals surface area contributed by atoms with Crippen molar-refractivity contribution in [1.29, 1.82) is 0 Å². The average molecular weight is 369 g/mol. The highest BCUT2D eigenvalue weighted by atomic mass is 79.9. The molecule has 0 aliphatic carbocycles. The van der Waals surface area contributed by atoms with Gasteiger partial charge >= 0.3 is 0 Å². The molecule has 0 saturated carbocycles. The van der Waals surface area contributed by atoms with Gasteiger partial charge in [0.1, 0.15) is 0 Å². The quantitative estimate of drug-likeness (QED) is 0.627. The fourth-order valence-electron chi connectivity index (χ4n) is 1.56. The molecule has 0 saturated heterocycles. The molecule has 0 fully saturated rings. The van der Waals surface area contributed by atoms with Gasteiger partial charge in [-0.15, -0.1) is 11.3 Å². The first-order valence-electron chi connectivity index (χ1n) is 6.14. The zero-order valence-electron chi connectivity index (χ0n) is 11.2. The molecule has 2 rings (SSSR count). The second-order valence-corrected chi connectivity index (χ2v) is 5.76. The van der Waals surface area contributed by atoms with E-state index in [0.717, 1.165) is 0 Å². The minimum absolute atomic E-state index is 0.0385. The van der Waals surface area contributed by atoms with Crippen molar-refractivity contribution in [2.45, 2.75) is 6.92 Å². The monoisotopic (exact) mass is 368 g/mol. The van der Waals surface area contributed by atoms with Crippen LogP contribution in [0.2, 0.25) is 0 Å². The number of nitrogens with zero attached hydrogens (tertiary/aromatic N) is 1. The van der Waals surface area contributed by atoms with Crippen LogP contribution in [-0.2, 0) is 0 Å². The molecular formula is C14H13BrN2O3S. The van der Waals surface area contributed by atoms with Crippen LogP contribution < -0.4 is 10.2 Å². The van der Waals surface area contributed by atoms with Crippen LogP contribution in [0, 0.1) is 0 Å². The number of thiophene rings is 1. The van der Waals surface area contributed by atoms with E-state index in [9.17, 15) is 9.90 Å². The van der Waals surface area contributed by atoms with E-state index < -0.39 is 0 Å². The molecule has 0 aliphatic heterocycles. The van der Waals surface area contributed by atoms with Crippen molar-refractivity contribution in [2.75, 3.05) is 6.61 Å². The van der Waals surface area contributed by atoms with Gasteiger partial charge in [0.15, 0.2) is 11.5 Å². The molecule has 0 bridgehead atoms. The molecule has 5 nitrogen and oxygen atoms in total. The highest BCUT2D eigenvalue weighted by Gasteiger charge is 2.08. The second-order valence-electron chi connectivity index (χ2n) is 3.96. The smallest absolute Gasteiger partial charge is 0.281 e. The van der Waals surface area contributed by atoms with E-state index in [0.29, 0.717) is 27.3 Å². The van der Waals surface area contributed by atoms with Crippen LogP contribution in [0.15, 0.2) is 39.2 Å². The van der Waals surface area contributed by atoms with Gasteiger partial charge in [0.25, 0.3) is 5.91 Å². The van der Waals surface area contributed by atoms with Gasteiger partial charge in [-0.1, -0.05) is 6.07 Å². The van der Waals surface area contributed by atoms with E-state index >= 15 is 0 Å². The van der Waals surface area contributed by atoms with Crippen molar-refractivity contribution in [3.8, 4) is 11.5 Å². The van der Waals surface area contributed by atoms with Gasteiger partial charge in [-0.2, -0.15) is 5.10 Å². The molecule has 0 atom stereocenters. The topological polar surface area (TPSA) is 70.9 Å². The van der Waals surface area contributed by atoms with E-state index in [-0.39, 0.29) is 11.7 Å². The summed E-state index contributed by atoms with van der Waals surface area (Å²) in [5, 5.41) is 15.5. The maximum absolute atomic E-state index is 11.7. The third-order valence-electron chi connectivity index (χ3n) is 2.48. The Labute approximate surface area is 134 Å². The number of benzene rings is 1. The van der Waals surface area contributed by atoms with Gasteiger partial charge in [0.05, 0.1) is 22.2 Å². The molecule has 2 N–H and O–H groups in total. The fourth-order valence-corrected chi connectivity index (χ4v) is 2.64. The number of hydrogen-bond acceptors (Lipinski definition) is 5. The molecule has 0 unspecified atom stereocenters. The number of halogens is 1. The van der Waals surface area contributed by atoms with E-state index in [1.165, 1.54) is 17.6 Å². The molecule has 21 heavy (non-hydrogen) atoms. The molecular weight excluding hydrogens is 356 g/mol. The molecule has 0 radical (unpaired) electrons. The number of phenols is 1. The summed E-state index contributed by atoms with van der Waals surface area (Å²) in [5.74, 6) is 0.138. The minimum Gasteiger partial charge on any atom is -0.503 e. The molecule has 1 amide bonds. The van der Waals surface area contributed by atoms with Gasteiger partial charge in [-0.3, -0.25) is 4.79 Å². The maximum Gasteiger partial charge on any atom is 0.281 e. The lowest BCUT2D eigenvalue weighted by Gasteiger charge is -2.08. The van der Waals surface area contributed by atoms with Crippen LogP contribution in [0.25, 0.3) is 0 Å². The maximum atomic E-state index is 11.7. The highest BCUT2D eigenvalue weighted by Crippen LogP contribution is 2.34. The highest BCUT2D eigenvalue weighted by molar-refractivity contribution is 9.10. The van der Waals surface area contributed by atoms with Crippen LogP contribution in [-0.4, -0.2) is 23.8 Å².